The smallest absolute Gasteiger partial charge is 0.165 e. The van der Waals surface area contributed by atoms with Crippen molar-refractivity contribution in [1.29, 1.82) is 0 Å². The predicted octanol–water partition coefficient (Wildman–Crippen LogP) is 5.69. The number of hydrogen-bond acceptors (Lipinski definition) is 3. The molecule has 0 aromatic heterocycles. The zero-order valence-electron chi connectivity index (χ0n) is 16.3. The molecule has 29 heavy (non-hydrogen) atoms. The lowest BCUT2D eigenvalue weighted by Crippen LogP contribution is -2.27. The molecular formula is C25H23FN2O. The predicted molar refractivity (Wildman–Crippen MR) is 116 cm³/mol. The molecule has 0 amide bonds. The summed E-state index contributed by atoms with van der Waals surface area (Å²) in [4.78, 5) is 2.11. The number of nitrogens with one attached hydrogen (secondary N) is 1. The van der Waals surface area contributed by atoms with Gasteiger partial charge in [-0.1, -0.05) is 60.7 Å². The third kappa shape index (κ3) is 4.66. The summed E-state index contributed by atoms with van der Waals surface area (Å²) in [5, 5.41) is 3.40. The van der Waals surface area contributed by atoms with E-state index in [1.165, 1.54) is 0 Å². The van der Waals surface area contributed by atoms with Gasteiger partial charge in [0.1, 0.15) is 12.4 Å². The molecule has 3 aromatic carbocycles. The number of nitrogens with zero attached hydrogens (tertiary/aromatic N) is 1. The average Bonchev–Trinajstić information content (AvgIpc) is 2.76. The summed E-state index contributed by atoms with van der Waals surface area (Å²) in [6.45, 7) is 1.04. The number of anilines is 1. The first-order chi connectivity index (χ1) is 14.2. The van der Waals surface area contributed by atoms with Gasteiger partial charge in [0.05, 0.1) is 0 Å². The molecule has 1 aliphatic heterocycles. The number of benzene rings is 3. The topological polar surface area (TPSA) is 24.5 Å². The first kappa shape index (κ1) is 18.8. The highest BCUT2D eigenvalue weighted by Crippen LogP contribution is 2.27. The Morgan fingerprint density at radius 2 is 1.66 bits per heavy atom. The van der Waals surface area contributed by atoms with Crippen molar-refractivity contribution in [2.45, 2.75) is 6.61 Å². The molecule has 0 unspecified atom stereocenters. The zero-order chi connectivity index (χ0) is 20.1. The van der Waals surface area contributed by atoms with Crippen LogP contribution in [0.5, 0.6) is 5.75 Å². The number of para-hydroxylation sites is 1. The third-order valence-electron chi connectivity index (χ3n) is 4.85. The van der Waals surface area contributed by atoms with E-state index in [-0.39, 0.29) is 11.6 Å². The van der Waals surface area contributed by atoms with Crippen LogP contribution in [0.2, 0.25) is 0 Å². The second-order valence-electron chi connectivity index (χ2n) is 7.01. The van der Waals surface area contributed by atoms with Crippen LogP contribution in [0.1, 0.15) is 11.1 Å². The lowest BCUT2D eigenvalue weighted by atomic mass is 10.0. The van der Waals surface area contributed by atoms with Gasteiger partial charge in [-0.15, -0.1) is 0 Å². The normalized spacial score (nSPS) is 13.5. The van der Waals surface area contributed by atoms with E-state index in [0.29, 0.717) is 13.2 Å². The standard InChI is InChI=1S/C25H23FN2O/c1-28-17-21(13-15-25(28)27-22-10-6-3-7-11-22)20-12-14-24(23(26)16-20)29-18-19-8-4-2-5-9-19/h2-16,27H,17-18H2,1H3. The van der Waals surface area contributed by atoms with Crippen molar-refractivity contribution >= 4 is 11.3 Å². The Kier molecular flexibility index (Phi) is 5.61. The molecule has 0 spiro atoms. The number of rotatable bonds is 6. The number of likely N-dealkylation sites (N-methyl/N-ethyl adjacent to an activating group) is 1. The molecule has 0 saturated heterocycles. The van der Waals surface area contributed by atoms with Gasteiger partial charge in [-0.2, -0.15) is 0 Å². The first-order valence-electron chi connectivity index (χ1n) is 9.60. The van der Waals surface area contributed by atoms with E-state index in [2.05, 4.69) is 10.2 Å². The van der Waals surface area contributed by atoms with E-state index in [1.807, 2.05) is 85.9 Å². The maximum atomic E-state index is 14.6. The Hall–Kier alpha value is -3.53. The highest BCUT2D eigenvalue weighted by atomic mass is 19.1. The van der Waals surface area contributed by atoms with Gasteiger partial charge in [-0.3, -0.25) is 0 Å². The summed E-state index contributed by atoms with van der Waals surface area (Å²) in [5.41, 5.74) is 3.96. The molecule has 0 radical (unpaired) electrons. The molecule has 0 bridgehead atoms. The second kappa shape index (κ2) is 8.65. The van der Waals surface area contributed by atoms with E-state index < -0.39 is 0 Å². The molecule has 3 aromatic rings. The molecule has 1 aliphatic rings. The van der Waals surface area contributed by atoms with E-state index >= 15 is 0 Å². The lowest BCUT2D eigenvalue weighted by molar-refractivity contribution is 0.290. The molecule has 0 fully saturated rings. The summed E-state index contributed by atoms with van der Waals surface area (Å²) in [6, 6.07) is 24.9. The molecule has 3 nitrogen and oxygen atoms in total. The van der Waals surface area contributed by atoms with Crippen molar-refractivity contribution in [3.8, 4) is 5.75 Å². The third-order valence-corrected chi connectivity index (χ3v) is 4.85. The summed E-state index contributed by atoms with van der Waals surface area (Å²) >= 11 is 0. The van der Waals surface area contributed by atoms with Crippen LogP contribution >= 0.6 is 0 Å². The van der Waals surface area contributed by atoms with Crippen LogP contribution in [0.3, 0.4) is 0 Å². The maximum Gasteiger partial charge on any atom is 0.165 e. The van der Waals surface area contributed by atoms with Crippen LogP contribution in [0, 0.1) is 5.82 Å². The van der Waals surface area contributed by atoms with E-state index in [9.17, 15) is 4.39 Å². The van der Waals surface area contributed by atoms with Crippen LogP contribution in [-0.4, -0.2) is 18.5 Å². The minimum Gasteiger partial charge on any atom is -0.486 e. The largest absolute Gasteiger partial charge is 0.486 e. The fourth-order valence-corrected chi connectivity index (χ4v) is 3.25. The minimum absolute atomic E-state index is 0.268. The van der Waals surface area contributed by atoms with Crippen LogP contribution in [-0.2, 0) is 6.61 Å². The van der Waals surface area contributed by atoms with Gasteiger partial charge in [0.2, 0.25) is 0 Å². The summed E-state index contributed by atoms with van der Waals surface area (Å²) in [6.07, 6.45) is 4.05. The highest BCUT2D eigenvalue weighted by molar-refractivity contribution is 5.71. The Morgan fingerprint density at radius 3 is 2.34 bits per heavy atom. The lowest BCUT2D eigenvalue weighted by Gasteiger charge is -2.28. The number of hydrogen-bond donors (Lipinski definition) is 1. The number of allylic oxidation sites excluding steroid dienone is 2. The van der Waals surface area contributed by atoms with Gasteiger partial charge in [-0.05, 0) is 47.0 Å². The second-order valence-corrected chi connectivity index (χ2v) is 7.01. The molecule has 1 heterocycles. The van der Waals surface area contributed by atoms with Crippen molar-refractivity contribution in [2.75, 3.05) is 18.9 Å². The van der Waals surface area contributed by atoms with Gasteiger partial charge < -0.3 is 15.0 Å². The molecule has 146 valence electrons. The molecule has 4 rings (SSSR count). The monoisotopic (exact) mass is 386 g/mol. The van der Waals surface area contributed by atoms with Gasteiger partial charge >= 0.3 is 0 Å². The van der Waals surface area contributed by atoms with Crippen molar-refractivity contribution in [1.82, 2.24) is 4.90 Å². The van der Waals surface area contributed by atoms with E-state index in [4.69, 9.17) is 4.74 Å². The minimum atomic E-state index is -0.348. The summed E-state index contributed by atoms with van der Waals surface area (Å²) < 4.78 is 20.2. The van der Waals surface area contributed by atoms with Crippen molar-refractivity contribution in [3.63, 3.8) is 0 Å². The van der Waals surface area contributed by atoms with E-state index in [1.54, 1.807) is 12.1 Å². The SMILES string of the molecule is CN1CC(c2ccc(OCc3ccccc3)c(F)c2)=CC=C1Nc1ccccc1. The van der Waals surface area contributed by atoms with Crippen molar-refractivity contribution in [2.24, 2.45) is 0 Å². The quantitative estimate of drug-likeness (QED) is 0.589. The number of ether oxygens (including phenoxy) is 1. The summed E-state index contributed by atoms with van der Waals surface area (Å²) in [5.74, 6) is 0.923. The molecule has 0 saturated carbocycles. The van der Waals surface area contributed by atoms with Gasteiger partial charge in [0, 0.05) is 19.3 Å². The molecule has 1 N–H and O–H groups in total. The molecule has 4 heteroatoms. The van der Waals surface area contributed by atoms with Crippen LogP contribution < -0.4 is 10.1 Å². The Labute approximate surface area is 170 Å². The van der Waals surface area contributed by atoms with Gasteiger partial charge in [-0.25, -0.2) is 4.39 Å². The summed E-state index contributed by atoms with van der Waals surface area (Å²) in [7, 11) is 2.02. The van der Waals surface area contributed by atoms with Crippen molar-refractivity contribution < 1.29 is 9.13 Å². The Bertz CT molecular complexity index is 1030. The van der Waals surface area contributed by atoms with Gasteiger partial charge in [0.25, 0.3) is 0 Å². The number of halogens is 1. The zero-order valence-corrected chi connectivity index (χ0v) is 16.3. The highest BCUT2D eigenvalue weighted by Gasteiger charge is 2.15. The van der Waals surface area contributed by atoms with Crippen LogP contribution in [0.25, 0.3) is 5.57 Å². The Morgan fingerprint density at radius 1 is 0.931 bits per heavy atom. The molecular weight excluding hydrogens is 363 g/mol. The van der Waals surface area contributed by atoms with Crippen LogP contribution in [0.4, 0.5) is 10.1 Å². The van der Waals surface area contributed by atoms with Crippen LogP contribution in [0.15, 0.2) is 96.8 Å². The first-order valence-corrected chi connectivity index (χ1v) is 9.60. The molecule has 0 aliphatic carbocycles. The average molecular weight is 386 g/mol. The Balaban J connectivity index is 1.46. The molecule has 0 atom stereocenters. The fourth-order valence-electron chi connectivity index (χ4n) is 3.25. The van der Waals surface area contributed by atoms with E-state index in [0.717, 1.165) is 28.2 Å². The fraction of sp³-hybridized carbons (Fsp3) is 0.120. The van der Waals surface area contributed by atoms with Gasteiger partial charge in [0.15, 0.2) is 11.6 Å². The maximum absolute atomic E-state index is 14.6. The van der Waals surface area contributed by atoms with Crippen molar-refractivity contribution in [3.05, 3.63) is 114 Å².